The molecule has 0 saturated carbocycles. The molecule has 0 aliphatic carbocycles. The van der Waals surface area contributed by atoms with Crippen LogP contribution in [0, 0.1) is 6.92 Å². The Morgan fingerprint density at radius 3 is 2.76 bits per heavy atom. The Morgan fingerprint density at radius 1 is 1.06 bits per heavy atom. The summed E-state index contributed by atoms with van der Waals surface area (Å²) in [5, 5.41) is 12.4. The molecule has 0 fully saturated rings. The van der Waals surface area contributed by atoms with Crippen LogP contribution in [0.1, 0.15) is 11.1 Å². The van der Waals surface area contributed by atoms with Gasteiger partial charge < -0.3 is 29.6 Å². The van der Waals surface area contributed by atoms with Gasteiger partial charge in [0.15, 0.2) is 11.5 Å². The standard InChI is InChI=1S/C27H23N3O4/c1-15-6-8-21(32-2)19(10-15)17-4-3-5-18-25(28)24-20(29-26(17)18)13-30(27(24)31)12-16-7-9-22-23(11-16)34-14-33-22/h3-11,13,31H,12,14,28H2,1-2H3. The van der Waals surface area contributed by atoms with Gasteiger partial charge in [-0.15, -0.1) is 0 Å². The van der Waals surface area contributed by atoms with Crippen molar-refractivity contribution in [2.75, 3.05) is 19.6 Å². The summed E-state index contributed by atoms with van der Waals surface area (Å²) in [6.45, 7) is 2.70. The molecule has 0 unspecified atom stereocenters. The van der Waals surface area contributed by atoms with Crippen LogP contribution in [0.4, 0.5) is 5.69 Å². The van der Waals surface area contributed by atoms with Crippen molar-refractivity contribution in [2.45, 2.75) is 13.5 Å². The van der Waals surface area contributed by atoms with Gasteiger partial charge in [0.25, 0.3) is 0 Å². The summed E-state index contributed by atoms with van der Waals surface area (Å²) in [4.78, 5) is 4.94. The number of nitrogens with zero attached hydrogens (tertiary/aromatic N) is 2. The van der Waals surface area contributed by atoms with Gasteiger partial charge in [-0.2, -0.15) is 0 Å². The fourth-order valence-electron chi connectivity index (χ4n) is 4.62. The van der Waals surface area contributed by atoms with Crippen molar-refractivity contribution >= 4 is 27.5 Å². The van der Waals surface area contributed by atoms with Crippen LogP contribution in [0.5, 0.6) is 23.1 Å². The molecule has 3 aromatic carbocycles. The number of benzene rings is 3. The van der Waals surface area contributed by atoms with Gasteiger partial charge in [0.1, 0.15) is 5.75 Å². The highest BCUT2D eigenvalue weighted by Crippen LogP contribution is 2.41. The number of nitrogen functional groups attached to an aromatic ring is 1. The van der Waals surface area contributed by atoms with Gasteiger partial charge in [0.05, 0.1) is 35.8 Å². The number of anilines is 1. The lowest BCUT2D eigenvalue weighted by molar-refractivity contribution is 0.174. The summed E-state index contributed by atoms with van der Waals surface area (Å²) in [6, 6.07) is 17.7. The van der Waals surface area contributed by atoms with Crippen LogP contribution in [0.25, 0.3) is 32.9 Å². The maximum absolute atomic E-state index is 11.1. The Bertz CT molecular complexity index is 1590. The fraction of sp³-hybridized carbons (Fsp3) is 0.148. The van der Waals surface area contributed by atoms with Gasteiger partial charge >= 0.3 is 0 Å². The average molecular weight is 453 g/mol. The van der Waals surface area contributed by atoms with E-state index in [0.29, 0.717) is 28.9 Å². The number of nitrogens with two attached hydrogens (primary N) is 1. The van der Waals surface area contributed by atoms with E-state index in [0.717, 1.165) is 44.7 Å². The van der Waals surface area contributed by atoms with Crippen LogP contribution in [0.3, 0.4) is 0 Å². The zero-order chi connectivity index (χ0) is 23.4. The lowest BCUT2D eigenvalue weighted by Crippen LogP contribution is -1.97. The molecular weight excluding hydrogens is 430 g/mol. The molecular formula is C27H23N3O4. The third-order valence-electron chi connectivity index (χ3n) is 6.29. The van der Waals surface area contributed by atoms with Crippen molar-refractivity contribution in [2.24, 2.45) is 0 Å². The van der Waals surface area contributed by atoms with E-state index < -0.39 is 0 Å². The van der Waals surface area contributed by atoms with Gasteiger partial charge in [0.2, 0.25) is 12.7 Å². The summed E-state index contributed by atoms with van der Waals surface area (Å²) in [5.41, 5.74) is 12.4. The Morgan fingerprint density at radius 2 is 1.91 bits per heavy atom. The minimum absolute atomic E-state index is 0.0816. The first-order valence-electron chi connectivity index (χ1n) is 11.0. The molecule has 1 aliphatic heterocycles. The van der Waals surface area contributed by atoms with E-state index in [4.69, 9.17) is 24.9 Å². The molecule has 0 spiro atoms. The van der Waals surface area contributed by atoms with Crippen molar-refractivity contribution in [1.29, 1.82) is 0 Å². The van der Waals surface area contributed by atoms with Crippen molar-refractivity contribution < 1.29 is 19.3 Å². The molecule has 1 aliphatic rings. The highest BCUT2D eigenvalue weighted by molar-refractivity contribution is 6.12. The van der Waals surface area contributed by atoms with Crippen molar-refractivity contribution in [3.05, 3.63) is 71.9 Å². The zero-order valence-electron chi connectivity index (χ0n) is 18.8. The highest BCUT2D eigenvalue weighted by Gasteiger charge is 2.20. The molecule has 0 saturated heterocycles. The number of methoxy groups -OCH3 is 1. The number of para-hydroxylation sites is 1. The monoisotopic (exact) mass is 453 g/mol. The number of hydrogen-bond donors (Lipinski definition) is 2. The molecule has 5 aromatic rings. The lowest BCUT2D eigenvalue weighted by Gasteiger charge is -2.13. The Kier molecular flexibility index (Phi) is 4.52. The summed E-state index contributed by atoms with van der Waals surface area (Å²) < 4.78 is 18.2. The van der Waals surface area contributed by atoms with Crippen LogP contribution >= 0.6 is 0 Å². The van der Waals surface area contributed by atoms with E-state index in [2.05, 4.69) is 6.07 Å². The van der Waals surface area contributed by atoms with Crippen LogP contribution in [0.2, 0.25) is 0 Å². The number of rotatable bonds is 4. The molecule has 0 radical (unpaired) electrons. The van der Waals surface area contributed by atoms with Crippen LogP contribution in [-0.4, -0.2) is 28.6 Å². The second-order valence-corrected chi connectivity index (χ2v) is 8.46. The third kappa shape index (κ3) is 3.08. The molecule has 0 atom stereocenters. The van der Waals surface area contributed by atoms with Crippen molar-refractivity contribution in [3.8, 4) is 34.3 Å². The molecule has 3 heterocycles. The SMILES string of the molecule is COc1ccc(C)cc1-c1cccc2c(N)c3c(O)n(Cc4ccc5c(c4)OCO5)cc3nc12. The van der Waals surface area contributed by atoms with Crippen LogP contribution in [-0.2, 0) is 6.54 Å². The quantitative estimate of drug-likeness (QED) is 0.387. The maximum Gasteiger partial charge on any atom is 0.231 e. The molecule has 3 N–H and O–H groups in total. The number of aromatic nitrogens is 2. The molecule has 6 rings (SSSR count). The summed E-state index contributed by atoms with van der Waals surface area (Å²) >= 11 is 0. The number of pyridine rings is 1. The van der Waals surface area contributed by atoms with E-state index in [1.807, 2.05) is 61.7 Å². The Hall–Kier alpha value is -4.39. The first-order valence-corrected chi connectivity index (χ1v) is 11.0. The molecule has 7 heteroatoms. The van der Waals surface area contributed by atoms with Gasteiger partial charge in [-0.25, -0.2) is 4.98 Å². The largest absolute Gasteiger partial charge is 0.496 e. The van der Waals surface area contributed by atoms with E-state index >= 15 is 0 Å². The smallest absolute Gasteiger partial charge is 0.231 e. The maximum atomic E-state index is 11.1. The Balaban J connectivity index is 1.51. The van der Waals surface area contributed by atoms with Gasteiger partial charge in [0, 0.05) is 22.7 Å². The summed E-state index contributed by atoms with van der Waals surface area (Å²) in [7, 11) is 1.66. The molecule has 170 valence electrons. The van der Waals surface area contributed by atoms with Crippen molar-refractivity contribution in [3.63, 3.8) is 0 Å². The molecule has 34 heavy (non-hydrogen) atoms. The zero-order valence-corrected chi connectivity index (χ0v) is 18.8. The van der Waals surface area contributed by atoms with E-state index in [1.54, 1.807) is 11.7 Å². The molecule has 7 nitrogen and oxygen atoms in total. The second-order valence-electron chi connectivity index (χ2n) is 8.46. The third-order valence-corrected chi connectivity index (χ3v) is 6.29. The van der Waals surface area contributed by atoms with Gasteiger partial charge in [-0.3, -0.25) is 0 Å². The number of aryl methyl sites for hydroxylation is 1. The number of aromatic hydroxyl groups is 1. The molecule has 2 aromatic heterocycles. The molecule has 0 amide bonds. The van der Waals surface area contributed by atoms with E-state index in [1.165, 1.54) is 0 Å². The molecule has 0 bridgehead atoms. The van der Waals surface area contributed by atoms with Crippen LogP contribution in [0.15, 0.2) is 60.8 Å². The fourth-order valence-corrected chi connectivity index (χ4v) is 4.62. The minimum Gasteiger partial charge on any atom is -0.496 e. The number of hydrogen-bond acceptors (Lipinski definition) is 6. The van der Waals surface area contributed by atoms with Gasteiger partial charge in [-0.1, -0.05) is 35.9 Å². The predicted molar refractivity (Wildman–Crippen MR) is 132 cm³/mol. The Labute approximate surface area is 195 Å². The first kappa shape index (κ1) is 20.2. The van der Waals surface area contributed by atoms with E-state index in [9.17, 15) is 5.11 Å². The number of fused-ring (bicyclic) bond motifs is 3. The highest BCUT2D eigenvalue weighted by atomic mass is 16.7. The summed E-state index contributed by atoms with van der Waals surface area (Å²) in [6.07, 6.45) is 1.83. The first-order chi connectivity index (χ1) is 16.5. The number of ether oxygens (including phenoxy) is 3. The van der Waals surface area contributed by atoms with Gasteiger partial charge in [-0.05, 0) is 36.8 Å². The predicted octanol–water partition coefficient (Wildman–Crippen LogP) is 5.24. The lowest BCUT2D eigenvalue weighted by atomic mass is 9.98. The average Bonchev–Trinajstić information content (AvgIpc) is 3.43. The second kappa shape index (κ2) is 7.59. The minimum atomic E-state index is 0.0816. The normalized spacial score (nSPS) is 12.5. The topological polar surface area (TPSA) is 91.8 Å². The van der Waals surface area contributed by atoms with Crippen LogP contribution < -0.4 is 19.9 Å². The van der Waals surface area contributed by atoms with E-state index in [-0.39, 0.29) is 12.7 Å². The summed E-state index contributed by atoms with van der Waals surface area (Å²) in [5.74, 6) is 2.27. The van der Waals surface area contributed by atoms with Crippen molar-refractivity contribution in [1.82, 2.24) is 9.55 Å².